The number of aliphatic hydroxyl groups is 1. The van der Waals surface area contributed by atoms with Crippen LogP contribution in [0.1, 0.15) is 52.9 Å². The zero-order valence-electron chi connectivity index (χ0n) is 12.0. The summed E-state index contributed by atoms with van der Waals surface area (Å²) in [4.78, 5) is 12.6. The molecular formula is C14H28N2O2. The van der Waals surface area contributed by atoms with Crippen molar-refractivity contribution in [1.82, 2.24) is 10.6 Å². The fourth-order valence-corrected chi connectivity index (χ4v) is 2.81. The molecule has 1 rings (SSSR count). The average Bonchev–Trinajstić information content (AvgIpc) is 2.86. The Bertz CT molecular complexity index is 261. The minimum Gasteiger partial charge on any atom is -0.394 e. The molecule has 0 spiro atoms. The Labute approximate surface area is 111 Å². The molecule has 3 N–H and O–H groups in total. The Balaban J connectivity index is 2.78. The van der Waals surface area contributed by atoms with Crippen LogP contribution in [0.5, 0.6) is 0 Å². The Hall–Kier alpha value is -0.610. The topological polar surface area (TPSA) is 61.4 Å². The first-order valence-corrected chi connectivity index (χ1v) is 7.22. The molecular weight excluding hydrogens is 228 g/mol. The summed E-state index contributed by atoms with van der Waals surface area (Å²) in [5, 5.41) is 16.0. The van der Waals surface area contributed by atoms with E-state index in [-0.39, 0.29) is 17.9 Å². The third-order valence-corrected chi connectivity index (χ3v) is 4.49. The number of amides is 1. The second kappa shape index (κ2) is 6.53. The summed E-state index contributed by atoms with van der Waals surface area (Å²) in [5.74, 6) is 0.118. The minimum atomic E-state index is -0.444. The summed E-state index contributed by atoms with van der Waals surface area (Å²) in [6.45, 7) is 7.84. The fraction of sp³-hybridized carbons (Fsp3) is 0.929. The van der Waals surface area contributed by atoms with Gasteiger partial charge < -0.3 is 15.7 Å². The predicted molar refractivity (Wildman–Crippen MR) is 73.4 cm³/mol. The summed E-state index contributed by atoms with van der Waals surface area (Å²) in [5.41, 5.74) is -0.708. The third kappa shape index (κ3) is 3.04. The number of rotatable bonds is 7. The maximum atomic E-state index is 12.6. The van der Waals surface area contributed by atoms with Gasteiger partial charge in [0.1, 0.15) is 0 Å². The lowest BCUT2D eigenvalue weighted by Gasteiger charge is -2.36. The standard InChI is InChI=1S/C14H28N2O2/c1-4-7-13(8-9-15-10-13)12(18)16-14(5-2,6-3)11-17/h15,17H,4-11H2,1-3H3,(H,16,18). The molecule has 0 bridgehead atoms. The van der Waals surface area contributed by atoms with E-state index in [0.717, 1.165) is 45.2 Å². The molecule has 4 nitrogen and oxygen atoms in total. The van der Waals surface area contributed by atoms with E-state index < -0.39 is 5.54 Å². The van der Waals surface area contributed by atoms with Crippen LogP contribution in [0, 0.1) is 5.41 Å². The Kier molecular flexibility index (Phi) is 5.60. The molecule has 1 amide bonds. The van der Waals surface area contributed by atoms with Gasteiger partial charge in [0.2, 0.25) is 5.91 Å². The number of hydrogen-bond donors (Lipinski definition) is 3. The third-order valence-electron chi connectivity index (χ3n) is 4.49. The molecule has 4 heteroatoms. The molecule has 1 atom stereocenters. The Morgan fingerprint density at radius 3 is 2.44 bits per heavy atom. The van der Waals surface area contributed by atoms with Crippen LogP contribution in [0.15, 0.2) is 0 Å². The molecule has 1 saturated heterocycles. The minimum absolute atomic E-state index is 0.0153. The van der Waals surface area contributed by atoms with Crippen molar-refractivity contribution in [3.63, 3.8) is 0 Å². The summed E-state index contributed by atoms with van der Waals surface area (Å²) >= 11 is 0. The van der Waals surface area contributed by atoms with Gasteiger partial charge in [-0.15, -0.1) is 0 Å². The molecule has 1 heterocycles. The summed E-state index contributed by atoms with van der Waals surface area (Å²) in [6, 6.07) is 0. The number of carbonyl (C=O) groups is 1. The van der Waals surface area contributed by atoms with Crippen LogP contribution < -0.4 is 10.6 Å². The highest BCUT2D eigenvalue weighted by Gasteiger charge is 2.42. The van der Waals surface area contributed by atoms with Gasteiger partial charge >= 0.3 is 0 Å². The number of aliphatic hydroxyl groups excluding tert-OH is 1. The largest absolute Gasteiger partial charge is 0.394 e. The normalized spacial score (nSPS) is 24.2. The lowest BCUT2D eigenvalue weighted by molar-refractivity contribution is -0.133. The van der Waals surface area contributed by atoms with Crippen molar-refractivity contribution in [2.75, 3.05) is 19.7 Å². The first-order valence-electron chi connectivity index (χ1n) is 7.22. The first-order chi connectivity index (χ1) is 8.58. The molecule has 0 aliphatic carbocycles. The highest BCUT2D eigenvalue weighted by atomic mass is 16.3. The molecule has 0 aromatic heterocycles. The highest BCUT2D eigenvalue weighted by molar-refractivity contribution is 5.84. The van der Waals surface area contributed by atoms with Gasteiger partial charge in [0.25, 0.3) is 0 Å². The quantitative estimate of drug-likeness (QED) is 0.646. The second-order valence-corrected chi connectivity index (χ2v) is 5.56. The van der Waals surface area contributed by atoms with E-state index in [4.69, 9.17) is 0 Å². The van der Waals surface area contributed by atoms with E-state index in [0.29, 0.717) is 0 Å². The molecule has 0 radical (unpaired) electrons. The number of hydrogen-bond acceptors (Lipinski definition) is 3. The monoisotopic (exact) mass is 256 g/mol. The van der Waals surface area contributed by atoms with Crippen molar-refractivity contribution in [1.29, 1.82) is 0 Å². The molecule has 0 saturated carbocycles. The summed E-state index contributed by atoms with van der Waals surface area (Å²) < 4.78 is 0. The molecule has 0 aromatic rings. The molecule has 1 fully saturated rings. The Morgan fingerprint density at radius 1 is 1.39 bits per heavy atom. The first kappa shape index (κ1) is 15.4. The van der Waals surface area contributed by atoms with Crippen molar-refractivity contribution in [3.8, 4) is 0 Å². The smallest absolute Gasteiger partial charge is 0.228 e. The van der Waals surface area contributed by atoms with Crippen molar-refractivity contribution in [2.24, 2.45) is 5.41 Å². The van der Waals surface area contributed by atoms with Crippen LogP contribution in [0.25, 0.3) is 0 Å². The molecule has 0 aromatic carbocycles. The van der Waals surface area contributed by atoms with E-state index >= 15 is 0 Å². The van der Waals surface area contributed by atoms with Crippen LogP contribution in [0.3, 0.4) is 0 Å². The van der Waals surface area contributed by atoms with Gasteiger partial charge in [-0.25, -0.2) is 0 Å². The van der Waals surface area contributed by atoms with Crippen molar-refractivity contribution in [2.45, 2.75) is 58.4 Å². The lowest BCUT2D eigenvalue weighted by Crippen LogP contribution is -2.55. The van der Waals surface area contributed by atoms with Gasteiger partial charge in [0.15, 0.2) is 0 Å². The predicted octanol–water partition coefficient (Wildman–Crippen LogP) is 1.43. The number of carbonyl (C=O) groups excluding carboxylic acids is 1. The average molecular weight is 256 g/mol. The van der Waals surface area contributed by atoms with Crippen molar-refractivity contribution < 1.29 is 9.90 Å². The zero-order chi connectivity index (χ0) is 13.6. The molecule has 1 aliphatic rings. The van der Waals surface area contributed by atoms with Crippen molar-refractivity contribution in [3.05, 3.63) is 0 Å². The second-order valence-electron chi connectivity index (χ2n) is 5.56. The van der Waals surface area contributed by atoms with Crippen LogP contribution in [-0.4, -0.2) is 36.2 Å². The maximum Gasteiger partial charge on any atom is 0.228 e. The zero-order valence-corrected chi connectivity index (χ0v) is 12.0. The summed E-state index contributed by atoms with van der Waals surface area (Å²) in [6.07, 6.45) is 4.37. The van der Waals surface area contributed by atoms with Gasteiger partial charge in [-0.3, -0.25) is 4.79 Å². The van der Waals surface area contributed by atoms with Gasteiger partial charge in [-0.05, 0) is 32.2 Å². The lowest BCUT2D eigenvalue weighted by atomic mass is 9.80. The van der Waals surface area contributed by atoms with Crippen molar-refractivity contribution >= 4 is 5.91 Å². The van der Waals surface area contributed by atoms with Crippen LogP contribution in [0.4, 0.5) is 0 Å². The van der Waals surface area contributed by atoms with Crippen LogP contribution >= 0.6 is 0 Å². The van der Waals surface area contributed by atoms with Gasteiger partial charge in [0, 0.05) is 6.54 Å². The number of nitrogens with one attached hydrogen (secondary N) is 2. The van der Waals surface area contributed by atoms with Crippen LogP contribution in [0.2, 0.25) is 0 Å². The van der Waals surface area contributed by atoms with Gasteiger partial charge in [-0.2, -0.15) is 0 Å². The van der Waals surface area contributed by atoms with E-state index in [1.54, 1.807) is 0 Å². The molecule has 1 unspecified atom stereocenters. The molecule has 1 aliphatic heterocycles. The van der Waals surface area contributed by atoms with Gasteiger partial charge in [-0.1, -0.05) is 27.2 Å². The fourth-order valence-electron chi connectivity index (χ4n) is 2.81. The Morgan fingerprint density at radius 2 is 2.06 bits per heavy atom. The maximum absolute atomic E-state index is 12.6. The SMILES string of the molecule is CCCC1(C(=O)NC(CC)(CC)CO)CCNC1. The highest BCUT2D eigenvalue weighted by Crippen LogP contribution is 2.32. The van der Waals surface area contributed by atoms with E-state index in [1.807, 2.05) is 13.8 Å². The molecule has 106 valence electrons. The summed E-state index contributed by atoms with van der Waals surface area (Å²) in [7, 11) is 0. The van der Waals surface area contributed by atoms with E-state index in [1.165, 1.54) is 0 Å². The van der Waals surface area contributed by atoms with Gasteiger partial charge in [0.05, 0.1) is 17.6 Å². The van der Waals surface area contributed by atoms with Crippen LogP contribution in [-0.2, 0) is 4.79 Å². The van der Waals surface area contributed by atoms with E-state index in [9.17, 15) is 9.90 Å². The molecule has 18 heavy (non-hydrogen) atoms. The van der Waals surface area contributed by atoms with E-state index in [2.05, 4.69) is 17.6 Å².